The van der Waals surface area contributed by atoms with Gasteiger partial charge in [0, 0.05) is 41.3 Å². The van der Waals surface area contributed by atoms with Gasteiger partial charge in [0.1, 0.15) is 12.4 Å². The average Bonchev–Trinajstić information content (AvgIpc) is 3.21. The molecule has 2 N–H and O–H groups in total. The van der Waals surface area contributed by atoms with Gasteiger partial charge in [0.15, 0.2) is 0 Å². The lowest BCUT2D eigenvalue weighted by atomic mass is 10.1. The lowest BCUT2D eigenvalue weighted by molar-refractivity contribution is -0.121. The van der Waals surface area contributed by atoms with Crippen molar-refractivity contribution < 1.29 is 9.90 Å². The molecule has 146 valence electrons. The van der Waals surface area contributed by atoms with Crippen LogP contribution < -0.4 is 10.9 Å². The summed E-state index contributed by atoms with van der Waals surface area (Å²) in [5, 5.41) is 14.2. The summed E-state index contributed by atoms with van der Waals surface area (Å²) in [5.74, 6) is 0.217. The van der Waals surface area contributed by atoms with Gasteiger partial charge in [0.2, 0.25) is 5.91 Å². The molecule has 7 heteroatoms. The zero-order chi connectivity index (χ0) is 19.9. The number of carbonyl (C=O) groups is 1. The topological polar surface area (TPSA) is 84.2 Å². The number of aryl methyl sites for hydroxylation is 1. The number of amides is 1. The molecule has 0 spiro atoms. The summed E-state index contributed by atoms with van der Waals surface area (Å²) >= 11 is 1.65. The fraction of sp³-hybridized carbons (Fsp3) is 0.286. The van der Waals surface area contributed by atoms with Crippen LogP contribution in [0.5, 0.6) is 0 Å². The Balaban J connectivity index is 1.85. The van der Waals surface area contributed by atoms with Gasteiger partial charge in [0.05, 0.1) is 0 Å². The fourth-order valence-corrected chi connectivity index (χ4v) is 3.74. The molecule has 0 radical (unpaired) electrons. The normalized spacial score (nSPS) is 10.8. The minimum atomic E-state index is -0.284. The van der Waals surface area contributed by atoms with E-state index in [1.165, 1.54) is 9.44 Å². The van der Waals surface area contributed by atoms with E-state index in [4.69, 9.17) is 0 Å². The second-order valence-electron chi connectivity index (χ2n) is 6.41. The number of rotatable bonds is 8. The SMILES string of the molecule is Cc1nc(-c2ccccc2)n(CC(=O)NCCc2cccs2)c(=O)c1CCO. The van der Waals surface area contributed by atoms with Crippen LogP contribution in [0.3, 0.4) is 0 Å². The monoisotopic (exact) mass is 397 g/mol. The molecule has 1 amide bonds. The highest BCUT2D eigenvalue weighted by Crippen LogP contribution is 2.17. The summed E-state index contributed by atoms with van der Waals surface area (Å²) in [4.78, 5) is 31.3. The number of nitrogens with zero attached hydrogens (tertiary/aromatic N) is 2. The Morgan fingerprint density at radius 2 is 1.96 bits per heavy atom. The van der Waals surface area contributed by atoms with E-state index in [0.717, 1.165) is 12.0 Å². The molecule has 0 aliphatic carbocycles. The van der Waals surface area contributed by atoms with Gasteiger partial charge < -0.3 is 10.4 Å². The van der Waals surface area contributed by atoms with Crippen molar-refractivity contribution in [3.63, 3.8) is 0 Å². The molecule has 0 atom stereocenters. The summed E-state index contributed by atoms with van der Waals surface area (Å²) in [6.45, 7) is 2.01. The van der Waals surface area contributed by atoms with Crippen LogP contribution in [0.2, 0.25) is 0 Å². The highest BCUT2D eigenvalue weighted by Gasteiger charge is 2.17. The molecule has 2 heterocycles. The third kappa shape index (κ3) is 4.74. The predicted octanol–water partition coefficient (Wildman–Crippen LogP) is 2.17. The number of aromatic nitrogens is 2. The molecule has 0 saturated carbocycles. The van der Waals surface area contributed by atoms with Gasteiger partial charge in [0.25, 0.3) is 5.56 Å². The number of aliphatic hydroxyl groups excluding tert-OH is 1. The van der Waals surface area contributed by atoms with E-state index in [9.17, 15) is 14.7 Å². The van der Waals surface area contributed by atoms with Crippen LogP contribution in [0.25, 0.3) is 11.4 Å². The molecule has 0 aliphatic rings. The van der Waals surface area contributed by atoms with E-state index in [-0.39, 0.29) is 31.0 Å². The van der Waals surface area contributed by atoms with Crippen LogP contribution in [0, 0.1) is 6.92 Å². The van der Waals surface area contributed by atoms with Crippen LogP contribution in [-0.4, -0.2) is 33.7 Å². The second kappa shape index (κ2) is 9.43. The summed E-state index contributed by atoms with van der Waals surface area (Å²) in [5.41, 5.74) is 1.50. The van der Waals surface area contributed by atoms with Gasteiger partial charge in [-0.05, 0) is 24.8 Å². The van der Waals surface area contributed by atoms with Crippen LogP contribution >= 0.6 is 11.3 Å². The van der Waals surface area contributed by atoms with Gasteiger partial charge in [-0.15, -0.1) is 11.3 Å². The van der Waals surface area contributed by atoms with E-state index in [2.05, 4.69) is 10.3 Å². The number of hydrogen-bond acceptors (Lipinski definition) is 5. The lowest BCUT2D eigenvalue weighted by Gasteiger charge is -2.15. The standard InChI is InChI=1S/C21H23N3O3S/c1-15-18(10-12-25)21(27)24(20(23-15)16-6-3-2-4-7-16)14-19(26)22-11-9-17-8-5-13-28-17/h2-8,13,25H,9-12,14H2,1H3,(H,22,26). The third-order valence-electron chi connectivity index (χ3n) is 4.44. The third-order valence-corrected chi connectivity index (χ3v) is 5.37. The largest absolute Gasteiger partial charge is 0.396 e. The van der Waals surface area contributed by atoms with Crippen LogP contribution in [0.15, 0.2) is 52.6 Å². The summed E-state index contributed by atoms with van der Waals surface area (Å²) in [6, 6.07) is 13.3. The van der Waals surface area contributed by atoms with Crippen molar-refractivity contribution in [1.29, 1.82) is 0 Å². The van der Waals surface area contributed by atoms with Crippen molar-refractivity contribution in [2.75, 3.05) is 13.2 Å². The quantitative estimate of drug-likeness (QED) is 0.610. The van der Waals surface area contributed by atoms with E-state index in [0.29, 0.717) is 23.6 Å². The Morgan fingerprint density at radius 1 is 1.18 bits per heavy atom. The van der Waals surface area contributed by atoms with Crippen LogP contribution in [0.4, 0.5) is 0 Å². The summed E-state index contributed by atoms with van der Waals surface area (Å²) in [6.07, 6.45) is 0.971. The van der Waals surface area contributed by atoms with Crippen molar-refractivity contribution in [2.45, 2.75) is 26.3 Å². The van der Waals surface area contributed by atoms with Crippen molar-refractivity contribution in [3.8, 4) is 11.4 Å². The number of aliphatic hydroxyl groups is 1. The number of benzene rings is 1. The highest BCUT2D eigenvalue weighted by atomic mass is 32.1. The lowest BCUT2D eigenvalue weighted by Crippen LogP contribution is -2.36. The first-order valence-electron chi connectivity index (χ1n) is 9.16. The Hall–Kier alpha value is -2.77. The van der Waals surface area contributed by atoms with E-state index in [1.54, 1.807) is 18.3 Å². The van der Waals surface area contributed by atoms with Crippen LogP contribution in [-0.2, 0) is 24.2 Å². The number of nitrogens with one attached hydrogen (secondary N) is 1. The predicted molar refractivity (Wildman–Crippen MR) is 110 cm³/mol. The molecule has 3 rings (SSSR count). The smallest absolute Gasteiger partial charge is 0.257 e. The van der Waals surface area contributed by atoms with Gasteiger partial charge in [-0.25, -0.2) is 4.98 Å². The second-order valence-corrected chi connectivity index (χ2v) is 7.44. The fourth-order valence-electron chi connectivity index (χ4n) is 3.03. The van der Waals surface area contributed by atoms with Crippen molar-refractivity contribution >= 4 is 17.2 Å². The molecule has 28 heavy (non-hydrogen) atoms. The number of carbonyl (C=O) groups excluding carboxylic acids is 1. The minimum absolute atomic E-state index is 0.112. The zero-order valence-electron chi connectivity index (χ0n) is 15.7. The Labute approximate surface area is 167 Å². The summed E-state index contributed by atoms with van der Waals surface area (Å²) < 4.78 is 1.40. The summed E-state index contributed by atoms with van der Waals surface area (Å²) in [7, 11) is 0. The molecule has 2 aromatic heterocycles. The van der Waals surface area contributed by atoms with E-state index in [1.807, 2.05) is 47.8 Å². The Kier molecular flexibility index (Phi) is 6.73. The Bertz CT molecular complexity index is 982. The molecule has 1 aromatic carbocycles. The van der Waals surface area contributed by atoms with Crippen LogP contribution in [0.1, 0.15) is 16.1 Å². The first-order valence-corrected chi connectivity index (χ1v) is 10.0. The molecular weight excluding hydrogens is 374 g/mol. The maximum absolute atomic E-state index is 13.0. The Morgan fingerprint density at radius 3 is 2.64 bits per heavy atom. The van der Waals surface area contributed by atoms with Gasteiger partial charge in [-0.3, -0.25) is 14.2 Å². The molecule has 6 nitrogen and oxygen atoms in total. The molecule has 3 aromatic rings. The minimum Gasteiger partial charge on any atom is -0.396 e. The number of thiophene rings is 1. The zero-order valence-corrected chi connectivity index (χ0v) is 16.5. The highest BCUT2D eigenvalue weighted by molar-refractivity contribution is 7.09. The van der Waals surface area contributed by atoms with E-state index >= 15 is 0 Å². The van der Waals surface area contributed by atoms with Gasteiger partial charge >= 0.3 is 0 Å². The molecular formula is C21H23N3O3S. The molecule has 0 aliphatic heterocycles. The van der Waals surface area contributed by atoms with Gasteiger partial charge in [-0.2, -0.15) is 0 Å². The first-order chi connectivity index (χ1) is 13.6. The maximum Gasteiger partial charge on any atom is 0.257 e. The maximum atomic E-state index is 13.0. The van der Waals surface area contributed by atoms with Gasteiger partial charge in [-0.1, -0.05) is 36.4 Å². The van der Waals surface area contributed by atoms with E-state index < -0.39 is 0 Å². The van der Waals surface area contributed by atoms with Crippen molar-refractivity contribution in [3.05, 3.63) is 74.3 Å². The molecule has 0 unspecified atom stereocenters. The molecule has 0 bridgehead atoms. The molecule has 0 fully saturated rings. The number of hydrogen-bond donors (Lipinski definition) is 2. The average molecular weight is 398 g/mol. The first kappa shape index (κ1) is 20.0. The molecule has 0 saturated heterocycles. The van der Waals surface area contributed by atoms with Crippen molar-refractivity contribution in [2.24, 2.45) is 0 Å². The van der Waals surface area contributed by atoms with Crippen molar-refractivity contribution in [1.82, 2.24) is 14.9 Å².